The van der Waals surface area contributed by atoms with Crippen molar-refractivity contribution in [1.82, 2.24) is 0 Å². The average Bonchev–Trinajstić information content (AvgIpc) is 2.04. The van der Waals surface area contributed by atoms with Crippen molar-refractivity contribution in [3.05, 3.63) is 0 Å². The van der Waals surface area contributed by atoms with Crippen LogP contribution in [0.4, 0.5) is 52.7 Å². The molecule has 2 nitrogen and oxygen atoms in total. The first-order chi connectivity index (χ1) is 9.73. The van der Waals surface area contributed by atoms with Crippen molar-refractivity contribution in [2.45, 2.75) is 31.6 Å². The molecule has 23 heavy (non-hydrogen) atoms. The van der Waals surface area contributed by atoms with Crippen LogP contribution < -0.4 is 0 Å². The van der Waals surface area contributed by atoms with E-state index in [0.29, 0.717) is 0 Å². The largest absolute Gasteiger partial charge is 0.419 e. The zero-order valence-electron chi connectivity index (χ0n) is 10.4. The smallest absolute Gasteiger partial charge is 0.299 e. The highest BCUT2D eigenvalue weighted by atomic mass is 19.4. The van der Waals surface area contributed by atoms with Crippen molar-refractivity contribution in [1.29, 1.82) is 0 Å². The standard InChI is InChI=1S/C9H4F12O2/c1-2(22)3(6(10,11)12)4(23)5(7(13,14)15,8(16,17)18)9(19,20)21/h3H,1H3. The van der Waals surface area contributed by atoms with Gasteiger partial charge < -0.3 is 0 Å². The van der Waals surface area contributed by atoms with Gasteiger partial charge in [0.25, 0.3) is 0 Å². The SMILES string of the molecule is CC(=O)C(C(=O)C(C(F)(F)F)(C(F)(F)F)C(F)(F)F)C(F)(F)F. The number of hydrogen-bond acceptors (Lipinski definition) is 2. The number of rotatable bonds is 3. The minimum Gasteiger partial charge on any atom is -0.299 e. The fourth-order valence-electron chi connectivity index (χ4n) is 1.68. The lowest BCUT2D eigenvalue weighted by Gasteiger charge is -2.38. The molecular formula is C9H4F12O2. The van der Waals surface area contributed by atoms with Gasteiger partial charge in [-0.15, -0.1) is 0 Å². The second-order valence-electron chi connectivity index (χ2n) is 4.19. The molecule has 14 heteroatoms. The van der Waals surface area contributed by atoms with Crippen LogP contribution >= 0.6 is 0 Å². The summed E-state index contributed by atoms with van der Waals surface area (Å²) in [5.41, 5.74) is -7.35. The van der Waals surface area contributed by atoms with E-state index in [1.165, 1.54) is 0 Å². The van der Waals surface area contributed by atoms with E-state index in [1.807, 2.05) is 0 Å². The van der Waals surface area contributed by atoms with Crippen molar-refractivity contribution in [3.63, 3.8) is 0 Å². The Balaban J connectivity index is 6.85. The Morgan fingerprint density at radius 2 is 0.913 bits per heavy atom. The van der Waals surface area contributed by atoms with Crippen LogP contribution in [0.5, 0.6) is 0 Å². The normalized spacial score (nSPS) is 16.2. The van der Waals surface area contributed by atoms with Gasteiger partial charge in [0.2, 0.25) is 0 Å². The molecule has 136 valence electrons. The molecule has 0 aromatic heterocycles. The summed E-state index contributed by atoms with van der Waals surface area (Å²) in [5, 5.41) is 0. The fourth-order valence-corrected chi connectivity index (χ4v) is 1.68. The third-order valence-electron chi connectivity index (χ3n) is 2.64. The summed E-state index contributed by atoms with van der Waals surface area (Å²) in [7, 11) is 0. The maximum absolute atomic E-state index is 12.5. The second-order valence-corrected chi connectivity index (χ2v) is 4.19. The highest BCUT2D eigenvalue weighted by Gasteiger charge is 2.89. The zero-order valence-corrected chi connectivity index (χ0v) is 10.4. The van der Waals surface area contributed by atoms with Gasteiger partial charge in [-0.05, 0) is 6.92 Å². The molecule has 0 aromatic carbocycles. The summed E-state index contributed by atoms with van der Waals surface area (Å²) >= 11 is 0. The predicted octanol–water partition coefficient (Wildman–Crippen LogP) is 4.00. The number of alkyl halides is 12. The Bertz CT molecular complexity index is 441. The summed E-state index contributed by atoms with van der Waals surface area (Å²) in [5.74, 6) is -11.8. The van der Waals surface area contributed by atoms with E-state index in [0.717, 1.165) is 0 Å². The van der Waals surface area contributed by atoms with E-state index in [4.69, 9.17) is 0 Å². The molecular weight excluding hydrogens is 368 g/mol. The van der Waals surface area contributed by atoms with Crippen LogP contribution in [0, 0.1) is 11.3 Å². The summed E-state index contributed by atoms with van der Waals surface area (Å²) < 4.78 is 150. The van der Waals surface area contributed by atoms with Crippen molar-refractivity contribution < 1.29 is 62.3 Å². The van der Waals surface area contributed by atoms with E-state index in [2.05, 4.69) is 0 Å². The molecule has 0 aliphatic rings. The fraction of sp³-hybridized carbons (Fsp3) is 0.778. The Kier molecular flexibility index (Phi) is 5.18. The summed E-state index contributed by atoms with van der Waals surface area (Å²) in [4.78, 5) is 21.7. The molecule has 0 saturated carbocycles. The highest BCUT2D eigenvalue weighted by Crippen LogP contribution is 2.61. The van der Waals surface area contributed by atoms with Crippen LogP contribution in [0.1, 0.15) is 6.92 Å². The number of ketones is 2. The minimum absolute atomic E-state index is 0.260. The first-order valence-electron chi connectivity index (χ1n) is 5.04. The zero-order chi connectivity index (χ0) is 19.2. The molecule has 0 aliphatic heterocycles. The maximum atomic E-state index is 12.5. The molecule has 0 heterocycles. The third kappa shape index (κ3) is 3.39. The van der Waals surface area contributed by atoms with Crippen molar-refractivity contribution in [2.75, 3.05) is 0 Å². The van der Waals surface area contributed by atoms with Gasteiger partial charge in [-0.3, -0.25) is 9.59 Å². The van der Waals surface area contributed by atoms with Crippen molar-refractivity contribution in [3.8, 4) is 0 Å². The van der Waals surface area contributed by atoms with Crippen molar-refractivity contribution >= 4 is 11.6 Å². The van der Waals surface area contributed by atoms with Gasteiger partial charge in [0, 0.05) is 0 Å². The topological polar surface area (TPSA) is 34.1 Å². The molecule has 0 fully saturated rings. The Labute approximate surface area is 118 Å². The molecule has 0 N–H and O–H groups in total. The third-order valence-corrected chi connectivity index (χ3v) is 2.64. The van der Waals surface area contributed by atoms with Gasteiger partial charge in [0.15, 0.2) is 11.7 Å². The second kappa shape index (κ2) is 5.54. The van der Waals surface area contributed by atoms with E-state index in [1.54, 1.807) is 0 Å². The Morgan fingerprint density at radius 1 is 0.652 bits per heavy atom. The molecule has 0 amide bonds. The van der Waals surface area contributed by atoms with E-state index in [-0.39, 0.29) is 6.92 Å². The van der Waals surface area contributed by atoms with Crippen LogP contribution in [0.15, 0.2) is 0 Å². The van der Waals surface area contributed by atoms with Crippen LogP contribution in [0.3, 0.4) is 0 Å². The quantitative estimate of drug-likeness (QED) is 0.555. The maximum Gasteiger partial charge on any atom is 0.419 e. The Hall–Kier alpha value is -1.50. The number of Topliss-reactive ketones (excluding diaryl/α,β-unsaturated/α-hetero) is 2. The molecule has 0 aromatic rings. The molecule has 0 radical (unpaired) electrons. The number of carbonyl (C=O) groups is 2. The summed E-state index contributed by atoms with van der Waals surface area (Å²) in [6.07, 6.45) is -28.9. The molecule has 0 spiro atoms. The van der Waals surface area contributed by atoms with E-state index in [9.17, 15) is 62.3 Å². The van der Waals surface area contributed by atoms with Crippen LogP contribution in [0.2, 0.25) is 0 Å². The molecule has 1 atom stereocenters. The highest BCUT2D eigenvalue weighted by molar-refractivity contribution is 6.06. The van der Waals surface area contributed by atoms with E-state index >= 15 is 0 Å². The van der Waals surface area contributed by atoms with Gasteiger partial charge in [0.05, 0.1) is 0 Å². The lowest BCUT2D eigenvalue weighted by Crippen LogP contribution is -2.67. The van der Waals surface area contributed by atoms with Gasteiger partial charge >= 0.3 is 30.1 Å². The van der Waals surface area contributed by atoms with E-state index < -0.39 is 47.6 Å². The van der Waals surface area contributed by atoms with Gasteiger partial charge in [-0.1, -0.05) is 0 Å². The van der Waals surface area contributed by atoms with Crippen molar-refractivity contribution in [2.24, 2.45) is 11.3 Å². The summed E-state index contributed by atoms with van der Waals surface area (Å²) in [6.45, 7) is -0.260. The molecule has 0 saturated heterocycles. The van der Waals surface area contributed by atoms with Gasteiger partial charge in [-0.2, -0.15) is 52.7 Å². The number of halogens is 12. The predicted molar refractivity (Wildman–Crippen MR) is 45.8 cm³/mol. The lowest BCUT2D eigenvalue weighted by atomic mass is 9.74. The van der Waals surface area contributed by atoms with Crippen LogP contribution in [-0.2, 0) is 9.59 Å². The summed E-state index contributed by atoms with van der Waals surface area (Å²) in [6, 6.07) is 0. The number of hydrogen-bond donors (Lipinski definition) is 0. The van der Waals surface area contributed by atoms with Gasteiger partial charge in [0.1, 0.15) is 5.78 Å². The van der Waals surface area contributed by atoms with Gasteiger partial charge in [-0.25, -0.2) is 0 Å². The average molecular weight is 372 g/mol. The first kappa shape index (κ1) is 21.5. The van der Waals surface area contributed by atoms with Crippen LogP contribution in [-0.4, -0.2) is 36.3 Å². The Morgan fingerprint density at radius 3 is 1.04 bits per heavy atom. The molecule has 1 unspecified atom stereocenters. The monoisotopic (exact) mass is 372 g/mol. The molecule has 0 bridgehead atoms. The first-order valence-corrected chi connectivity index (χ1v) is 5.04. The molecule has 0 aliphatic carbocycles. The minimum atomic E-state index is -7.51. The van der Waals surface area contributed by atoms with Crippen LogP contribution in [0.25, 0.3) is 0 Å². The molecule has 0 rings (SSSR count). The number of carbonyl (C=O) groups excluding carboxylic acids is 2. The lowest BCUT2D eigenvalue weighted by molar-refractivity contribution is -0.408.